The Morgan fingerprint density at radius 3 is 1.85 bits per heavy atom. The lowest BCUT2D eigenvalue weighted by Crippen LogP contribution is -2.73. The highest BCUT2D eigenvalue weighted by Gasteiger charge is 2.75. The van der Waals surface area contributed by atoms with E-state index in [1.807, 2.05) is 27.7 Å². The molecule has 4 aliphatic heterocycles. The number of carboxylic acids is 1. The number of carboxylic acid groups (broad SMARTS) is 1. The van der Waals surface area contributed by atoms with E-state index in [1.165, 1.54) is 20.8 Å². The van der Waals surface area contributed by atoms with E-state index >= 15 is 0 Å². The van der Waals surface area contributed by atoms with Gasteiger partial charge >= 0.3 is 23.9 Å². The smallest absolute Gasteiger partial charge is 0.335 e. The molecular weight excluding hydrogens is 1180 g/mol. The molecule has 0 aromatic heterocycles. The fourth-order valence-corrected chi connectivity index (χ4v) is 17.7. The van der Waals surface area contributed by atoms with Gasteiger partial charge in [0.05, 0.1) is 37.4 Å². The largest absolute Gasteiger partial charge is 0.479 e. The second-order valence-corrected chi connectivity index (χ2v) is 28.6. The summed E-state index contributed by atoms with van der Waals surface area (Å²) in [7, 11) is 0. The minimum absolute atomic E-state index is 0.0468. The average molecular weight is 1270 g/mol. The van der Waals surface area contributed by atoms with Gasteiger partial charge in [-0.3, -0.25) is 9.59 Å². The van der Waals surface area contributed by atoms with E-state index in [2.05, 4.69) is 26.8 Å². The van der Waals surface area contributed by atoms with Gasteiger partial charge in [-0.15, -0.1) is 0 Å². The first kappa shape index (κ1) is 69.9. The molecule has 0 spiro atoms. The third-order valence-electron chi connectivity index (χ3n) is 22.9. The second kappa shape index (κ2) is 25.7. The molecule has 9 rings (SSSR count). The Hall–Kier alpha value is -3.40. The average Bonchev–Trinajstić information content (AvgIpc) is 0.670. The maximum Gasteiger partial charge on any atom is 0.335 e. The summed E-state index contributed by atoms with van der Waals surface area (Å²) in [4.78, 5) is 53.5. The van der Waals surface area contributed by atoms with Gasteiger partial charge in [0.25, 0.3) is 0 Å². The van der Waals surface area contributed by atoms with Gasteiger partial charge in [0, 0.05) is 24.8 Å². The van der Waals surface area contributed by atoms with Crippen LogP contribution in [0, 0.1) is 50.2 Å². The molecule has 4 saturated carbocycles. The predicted molar refractivity (Wildman–Crippen MR) is 302 cm³/mol. The Morgan fingerprint density at radius 1 is 0.629 bits per heavy atom. The summed E-state index contributed by atoms with van der Waals surface area (Å²) in [6, 6.07) is 0. The molecule has 27 heteroatoms. The first-order valence-corrected chi connectivity index (χ1v) is 31.2. The van der Waals surface area contributed by atoms with Crippen LogP contribution in [0.15, 0.2) is 23.3 Å². The van der Waals surface area contributed by atoms with E-state index in [0.29, 0.717) is 44.1 Å². The monoisotopic (exact) mass is 1270 g/mol. The Kier molecular flexibility index (Phi) is 20.2. The van der Waals surface area contributed by atoms with Crippen LogP contribution in [0.25, 0.3) is 0 Å². The molecule has 9 aliphatic rings. The van der Waals surface area contributed by atoms with E-state index in [-0.39, 0.29) is 18.3 Å². The van der Waals surface area contributed by atoms with Crippen LogP contribution in [-0.2, 0) is 71.3 Å². The number of rotatable bonds is 15. The van der Waals surface area contributed by atoms with Crippen molar-refractivity contribution in [1.29, 1.82) is 0 Å². The number of fused-ring (bicyclic) bond motifs is 7. The third kappa shape index (κ3) is 11.9. The molecule has 0 aromatic carbocycles. The number of aliphatic carboxylic acids is 1. The Morgan fingerprint density at radius 2 is 1.25 bits per heavy atom. The molecule has 4 saturated heterocycles. The van der Waals surface area contributed by atoms with Gasteiger partial charge in [-0.2, -0.15) is 0 Å². The maximum atomic E-state index is 13.6. The van der Waals surface area contributed by atoms with E-state index < -0.39 is 223 Å². The zero-order valence-corrected chi connectivity index (χ0v) is 52.7. The van der Waals surface area contributed by atoms with Crippen molar-refractivity contribution in [3.8, 4) is 0 Å². The number of allylic oxidation sites excluding steroid dienone is 3. The van der Waals surface area contributed by atoms with Gasteiger partial charge in [0.1, 0.15) is 91.6 Å². The summed E-state index contributed by atoms with van der Waals surface area (Å²) < 4.78 is 68.0. The van der Waals surface area contributed by atoms with Gasteiger partial charge in [-0.1, -0.05) is 66.2 Å². The number of ether oxygens (including phenoxy) is 11. The minimum Gasteiger partial charge on any atom is -0.479 e. The standard InChI is InChI=1S/C62H96O27/c1-13-25(2)52(78)89-49-50(82-28(5)66)62(24-64)30(20-57(49,6)7)29-14-15-34-59(10)18-17-35(58(8,9)33(59)16-19-60(34,11)61(29,12)21-36(62)81-27(4)65)84-56-48(88-54-43(74)41(72)39(70)32(22-63)83-54)45(44(75)46(86-56)51(76)77)85-55-47(38(69)31(67)23-79-55)87-53-42(73)40(71)37(68)26(3)80-53/h13-14,26,30-50,53-56,63-64,67-75H,15-24H2,1-12H3,(H,76,77)/b25-13-/t26?,30-,31-,32+,33-,34+,35-,36+,37?,38-,39-,40?,41-,42?,43+,44-,45-,46-,47+,48+,49-,50-,53?,54-,55-,56+,59-,60+,61+,62-/m0/s1. The van der Waals surface area contributed by atoms with Gasteiger partial charge in [-0.25, -0.2) is 9.59 Å². The number of esters is 3. The van der Waals surface area contributed by atoms with Crippen molar-refractivity contribution in [3.05, 3.63) is 23.3 Å². The highest BCUT2D eigenvalue weighted by molar-refractivity contribution is 5.87. The van der Waals surface area contributed by atoms with Crippen molar-refractivity contribution in [2.24, 2.45) is 50.2 Å². The van der Waals surface area contributed by atoms with Crippen molar-refractivity contribution in [1.82, 2.24) is 0 Å². The van der Waals surface area contributed by atoms with E-state index in [0.717, 1.165) is 5.57 Å². The molecule has 12 N–H and O–H groups in total. The normalized spacial score (nSPS) is 49.5. The molecule has 5 unspecified atom stereocenters. The lowest BCUT2D eigenvalue weighted by atomic mass is 9.33. The number of carbonyl (C=O) groups excluding carboxylic acids is 3. The molecule has 4 heterocycles. The summed E-state index contributed by atoms with van der Waals surface area (Å²) in [5.74, 6) is -4.31. The van der Waals surface area contributed by atoms with Crippen LogP contribution in [0.1, 0.15) is 128 Å². The Bertz CT molecular complexity index is 2650. The van der Waals surface area contributed by atoms with E-state index in [1.54, 1.807) is 19.9 Å². The molecule has 0 radical (unpaired) electrons. The zero-order chi connectivity index (χ0) is 65.7. The number of aliphatic hydroxyl groups excluding tert-OH is 11. The van der Waals surface area contributed by atoms with Crippen LogP contribution in [0.4, 0.5) is 0 Å². The van der Waals surface area contributed by atoms with Gasteiger partial charge in [0.2, 0.25) is 0 Å². The molecule has 5 aliphatic carbocycles. The van der Waals surface area contributed by atoms with Gasteiger partial charge in [0.15, 0.2) is 37.4 Å². The summed E-state index contributed by atoms with van der Waals surface area (Å²) in [5, 5.41) is 132. The van der Waals surface area contributed by atoms with Crippen LogP contribution < -0.4 is 0 Å². The minimum atomic E-state index is -2.23. The van der Waals surface area contributed by atoms with Crippen molar-refractivity contribution < 1.29 is 133 Å². The van der Waals surface area contributed by atoms with Crippen molar-refractivity contribution in [3.63, 3.8) is 0 Å². The summed E-state index contributed by atoms with van der Waals surface area (Å²) in [5.41, 5.74) is -3.41. The summed E-state index contributed by atoms with van der Waals surface area (Å²) in [6.45, 7) is 19.8. The number of carbonyl (C=O) groups is 4. The number of hydrogen-bond donors (Lipinski definition) is 12. The SMILES string of the molecule is C/C=C(/C)C(=O)O[C@H]1[C@H](OC(C)=O)[C@]2(CO)[C@H](OC(C)=O)C[C@]3(C)C(=CC[C@@H]4[C@@]5(C)CC[C@H](O[C@@H]6O[C@H](C(=O)O)[C@@H](O)[C@H](O[C@@H]7OC[C@H](O)[C@H](O)[C@H]7OC7OC(C)C(O)C(O)C7O)[C@H]6O[C@@H]6O[C@H](CO)[C@H](O)[C@H](O)[C@H]6O)C(C)(C)[C@@H]5CC[C@]43C)[C@@H]2CC1(C)C. The van der Waals surface area contributed by atoms with Crippen molar-refractivity contribution >= 4 is 23.9 Å². The quantitative estimate of drug-likeness (QED) is 0.0331. The first-order valence-electron chi connectivity index (χ1n) is 31.2. The Labute approximate surface area is 517 Å². The molecule has 27 nitrogen and oxygen atoms in total. The van der Waals surface area contributed by atoms with Gasteiger partial charge in [-0.05, 0) is 105 Å². The molecule has 30 atom stereocenters. The topological polar surface area (TPSA) is 413 Å². The molecule has 8 fully saturated rings. The van der Waals surface area contributed by atoms with Crippen molar-refractivity contribution in [2.75, 3.05) is 19.8 Å². The summed E-state index contributed by atoms with van der Waals surface area (Å²) >= 11 is 0. The highest BCUT2D eigenvalue weighted by atomic mass is 16.8. The van der Waals surface area contributed by atoms with Crippen LogP contribution in [0.2, 0.25) is 0 Å². The third-order valence-corrected chi connectivity index (χ3v) is 22.9. The molecule has 0 amide bonds. The Balaban J connectivity index is 1.06. The molecule has 0 bridgehead atoms. The van der Waals surface area contributed by atoms with Gasteiger partial charge < -0.3 is 113 Å². The maximum absolute atomic E-state index is 13.6. The summed E-state index contributed by atoms with van der Waals surface area (Å²) in [6.07, 6.45) is -32.1. The van der Waals surface area contributed by atoms with E-state index in [4.69, 9.17) is 52.1 Å². The van der Waals surface area contributed by atoms with Crippen LogP contribution in [-0.4, -0.2) is 246 Å². The predicted octanol–water partition coefficient (Wildman–Crippen LogP) is -0.232. The number of aliphatic hydroxyl groups is 11. The van der Waals surface area contributed by atoms with Crippen molar-refractivity contribution in [2.45, 2.75) is 269 Å². The molecular formula is C62H96O27. The lowest BCUT2D eigenvalue weighted by molar-refractivity contribution is -0.400. The van der Waals surface area contributed by atoms with Crippen LogP contribution in [0.3, 0.4) is 0 Å². The fourth-order valence-electron chi connectivity index (χ4n) is 17.7. The molecule has 506 valence electrons. The lowest BCUT2D eigenvalue weighted by Gasteiger charge is -2.72. The number of hydrogen-bond acceptors (Lipinski definition) is 26. The fraction of sp³-hybridized carbons (Fsp3) is 0.871. The molecule has 89 heavy (non-hydrogen) atoms. The highest BCUT2D eigenvalue weighted by Crippen LogP contribution is 2.76. The first-order chi connectivity index (χ1) is 41.5. The molecule has 0 aromatic rings. The van der Waals surface area contributed by atoms with E-state index in [9.17, 15) is 80.5 Å². The zero-order valence-electron chi connectivity index (χ0n) is 52.7. The second-order valence-electron chi connectivity index (χ2n) is 28.6. The van der Waals surface area contributed by atoms with Crippen LogP contribution >= 0.6 is 0 Å². The van der Waals surface area contributed by atoms with Crippen LogP contribution in [0.5, 0.6) is 0 Å².